The molecule has 0 bridgehead atoms. The Morgan fingerprint density at radius 1 is 0.885 bits per heavy atom. The molecule has 3 aromatic carbocycles. The van der Waals surface area contributed by atoms with Gasteiger partial charge < -0.3 is 0 Å². The number of nitrogens with zero attached hydrogens (tertiary/aromatic N) is 3. The summed E-state index contributed by atoms with van der Waals surface area (Å²) in [5.74, 6) is 0.500. The fourth-order valence-corrected chi connectivity index (χ4v) is 2.80. The van der Waals surface area contributed by atoms with Gasteiger partial charge in [-0.25, -0.2) is 4.98 Å². The van der Waals surface area contributed by atoms with Gasteiger partial charge in [0.05, 0.1) is 17.1 Å². The molecule has 4 aromatic rings. The molecule has 5 heteroatoms. The minimum Gasteiger partial charge on any atom is -0.267 e. The molecule has 0 saturated carbocycles. The molecule has 0 radical (unpaired) electrons. The summed E-state index contributed by atoms with van der Waals surface area (Å²) in [5.41, 5.74) is 2.10. The fourth-order valence-electron chi connectivity index (χ4n) is 2.68. The van der Waals surface area contributed by atoms with Gasteiger partial charge >= 0.3 is 0 Å². The van der Waals surface area contributed by atoms with Crippen LogP contribution in [0, 0.1) is 0 Å². The highest BCUT2D eigenvalue weighted by Gasteiger charge is 2.11. The van der Waals surface area contributed by atoms with Gasteiger partial charge in [0.25, 0.3) is 5.56 Å². The van der Waals surface area contributed by atoms with Crippen LogP contribution in [0.15, 0.2) is 88.8 Å². The third kappa shape index (κ3) is 3.15. The number of halogens is 1. The first kappa shape index (κ1) is 16.2. The van der Waals surface area contributed by atoms with Crippen LogP contribution < -0.4 is 5.56 Å². The normalized spacial score (nSPS) is 11.3. The van der Waals surface area contributed by atoms with Crippen molar-refractivity contribution in [3.05, 3.63) is 99.8 Å². The van der Waals surface area contributed by atoms with Crippen LogP contribution in [0.4, 0.5) is 0 Å². The molecule has 1 heterocycles. The first-order valence-corrected chi connectivity index (χ1v) is 8.47. The maximum absolute atomic E-state index is 13.0. The molecule has 4 rings (SSSR count). The lowest BCUT2D eigenvalue weighted by molar-refractivity contribution is 0.830. The van der Waals surface area contributed by atoms with E-state index in [0.29, 0.717) is 21.7 Å². The predicted molar refractivity (Wildman–Crippen MR) is 106 cm³/mol. The summed E-state index contributed by atoms with van der Waals surface area (Å²) in [5, 5.41) is 5.58. The molecule has 0 atom stereocenters. The molecule has 0 N–H and O–H groups in total. The summed E-state index contributed by atoms with van der Waals surface area (Å²) < 4.78 is 1.34. The molecular formula is C21H14ClN3O. The summed E-state index contributed by atoms with van der Waals surface area (Å²) in [7, 11) is 0. The van der Waals surface area contributed by atoms with E-state index in [0.717, 1.165) is 11.1 Å². The van der Waals surface area contributed by atoms with E-state index in [9.17, 15) is 4.79 Å². The van der Waals surface area contributed by atoms with Crippen molar-refractivity contribution in [1.29, 1.82) is 0 Å². The van der Waals surface area contributed by atoms with Crippen LogP contribution in [-0.2, 0) is 0 Å². The van der Waals surface area contributed by atoms with Gasteiger partial charge in [-0.15, -0.1) is 0 Å². The molecule has 1 aromatic heterocycles. The third-order valence-electron chi connectivity index (χ3n) is 3.98. The molecule has 0 spiro atoms. The topological polar surface area (TPSA) is 47.2 Å². The summed E-state index contributed by atoms with van der Waals surface area (Å²) in [6.07, 6.45) is 1.63. The second-order valence-corrected chi connectivity index (χ2v) is 6.17. The smallest absolute Gasteiger partial charge is 0.267 e. The Balaban J connectivity index is 1.92. The molecule has 0 fully saturated rings. The number of para-hydroxylation sites is 1. The van der Waals surface area contributed by atoms with Crippen molar-refractivity contribution in [2.75, 3.05) is 0 Å². The lowest BCUT2D eigenvalue weighted by Crippen LogP contribution is -2.20. The van der Waals surface area contributed by atoms with Crippen molar-refractivity contribution >= 4 is 28.7 Å². The number of fused-ring (bicyclic) bond motifs is 1. The maximum Gasteiger partial charge on any atom is 0.282 e. The number of rotatable bonds is 3. The van der Waals surface area contributed by atoms with Crippen molar-refractivity contribution in [3.63, 3.8) is 0 Å². The Morgan fingerprint density at radius 2 is 1.58 bits per heavy atom. The molecule has 0 saturated heterocycles. The number of hydrogen-bond acceptors (Lipinski definition) is 3. The molecule has 0 unspecified atom stereocenters. The Kier molecular flexibility index (Phi) is 4.33. The number of benzene rings is 3. The van der Waals surface area contributed by atoms with Gasteiger partial charge in [-0.1, -0.05) is 66.2 Å². The van der Waals surface area contributed by atoms with Crippen LogP contribution in [-0.4, -0.2) is 15.9 Å². The minimum atomic E-state index is -0.209. The average molecular weight is 360 g/mol. The summed E-state index contributed by atoms with van der Waals surface area (Å²) in [6, 6.07) is 24.1. The zero-order valence-electron chi connectivity index (χ0n) is 13.7. The monoisotopic (exact) mass is 359 g/mol. The van der Waals surface area contributed by atoms with Crippen LogP contribution in [0.3, 0.4) is 0 Å². The first-order valence-electron chi connectivity index (χ1n) is 8.09. The highest BCUT2D eigenvalue weighted by atomic mass is 35.5. The zero-order valence-corrected chi connectivity index (χ0v) is 14.5. The Bertz CT molecular complexity index is 1150. The van der Waals surface area contributed by atoms with Crippen molar-refractivity contribution in [2.45, 2.75) is 0 Å². The van der Waals surface area contributed by atoms with E-state index in [-0.39, 0.29) is 5.56 Å². The van der Waals surface area contributed by atoms with Crippen molar-refractivity contribution in [2.24, 2.45) is 5.10 Å². The Morgan fingerprint density at radius 3 is 2.35 bits per heavy atom. The van der Waals surface area contributed by atoms with Crippen LogP contribution in [0.1, 0.15) is 5.56 Å². The van der Waals surface area contributed by atoms with Gasteiger partial charge in [-0.3, -0.25) is 4.79 Å². The van der Waals surface area contributed by atoms with E-state index < -0.39 is 0 Å². The largest absolute Gasteiger partial charge is 0.282 e. The SMILES string of the molecule is O=c1c2ccccc2nc(-c2ccccc2)n1/N=C\c1ccc(Cl)cc1. The van der Waals surface area contributed by atoms with Crippen LogP contribution in [0.5, 0.6) is 0 Å². The van der Waals surface area contributed by atoms with Gasteiger partial charge in [0, 0.05) is 10.6 Å². The van der Waals surface area contributed by atoms with Crippen molar-refractivity contribution < 1.29 is 0 Å². The standard InChI is InChI=1S/C21H14ClN3O/c22-17-12-10-15(11-13-17)14-23-25-20(16-6-2-1-3-7-16)24-19-9-5-4-8-18(19)21(25)26/h1-14H/b23-14-. The second-order valence-electron chi connectivity index (χ2n) is 5.73. The predicted octanol–water partition coefficient (Wildman–Crippen LogP) is 4.60. The highest BCUT2D eigenvalue weighted by Crippen LogP contribution is 2.18. The third-order valence-corrected chi connectivity index (χ3v) is 4.23. The van der Waals surface area contributed by atoms with Gasteiger partial charge in [0.1, 0.15) is 0 Å². The maximum atomic E-state index is 13.0. The quantitative estimate of drug-likeness (QED) is 0.502. The second kappa shape index (κ2) is 6.94. The number of aromatic nitrogens is 2. The fraction of sp³-hybridized carbons (Fsp3) is 0. The van der Waals surface area contributed by atoms with Crippen molar-refractivity contribution in [1.82, 2.24) is 9.66 Å². The zero-order chi connectivity index (χ0) is 17.9. The molecule has 4 nitrogen and oxygen atoms in total. The van der Waals surface area contributed by atoms with Crippen LogP contribution >= 0.6 is 11.6 Å². The van der Waals surface area contributed by atoms with Gasteiger partial charge in [-0.05, 0) is 29.8 Å². The first-order chi connectivity index (χ1) is 12.7. The van der Waals surface area contributed by atoms with E-state index in [2.05, 4.69) is 10.1 Å². The molecule has 0 aliphatic carbocycles. The molecule has 0 aliphatic heterocycles. The Hall–Kier alpha value is -3.24. The Labute approximate surface area is 155 Å². The van der Waals surface area contributed by atoms with Gasteiger partial charge in [0.15, 0.2) is 5.82 Å². The molecule has 0 aliphatic rings. The lowest BCUT2D eigenvalue weighted by atomic mass is 10.2. The van der Waals surface area contributed by atoms with E-state index in [4.69, 9.17) is 11.6 Å². The molecule has 126 valence electrons. The average Bonchev–Trinajstić information content (AvgIpc) is 2.69. The van der Waals surface area contributed by atoms with E-state index in [1.54, 1.807) is 24.4 Å². The minimum absolute atomic E-state index is 0.209. The summed E-state index contributed by atoms with van der Waals surface area (Å²) in [4.78, 5) is 17.6. The van der Waals surface area contributed by atoms with Gasteiger partial charge in [0.2, 0.25) is 0 Å². The van der Waals surface area contributed by atoms with E-state index >= 15 is 0 Å². The summed E-state index contributed by atoms with van der Waals surface area (Å²) in [6.45, 7) is 0. The van der Waals surface area contributed by atoms with E-state index in [1.807, 2.05) is 60.7 Å². The molecule has 0 amide bonds. The summed E-state index contributed by atoms with van der Waals surface area (Å²) >= 11 is 5.91. The van der Waals surface area contributed by atoms with Crippen molar-refractivity contribution in [3.8, 4) is 11.4 Å². The number of hydrogen-bond donors (Lipinski definition) is 0. The van der Waals surface area contributed by atoms with Gasteiger partial charge in [-0.2, -0.15) is 9.78 Å². The molecular weight excluding hydrogens is 346 g/mol. The van der Waals surface area contributed by atoms with Crippen LogP contribution in [0.25, 0.3) is 22.3 Å². The highest BCUT2D eigenvalue weighted by molar-refractivity contribution is 6.30. The van der Waals surface area contributed by atoms with E-state index in [1.165, 1.54) is 4.68 Å². The molecule has 26 heavy (non-hydrogen) atoms. The van der Waals surface area contributed by atoms with Crippen LogP contribution in [0.2, 0.25) is 5.02 Å². The lowest BCUT2D eigenvalue weighted by Gasteiger charge is -2.09.